The van der Waals surface area contributed by atoms with Gasteiger partial charge in [0, 0.05) is 58.3 Å². The van der Waals surface area contributed by atoms with Crippen LogP contribution >= 0.6 is 0 Å². The maximum atomic E-state index is 13.1. The Kier molecular flexibility index (Phi) is 51.3. The van der Waals surface area contributed by atoms with Crippen molar-refractivity contribution in [3.8, 4) is 0 Å². The van der Waals surface area contributed by atoms with Crippen molar-refractivity contribution in [3.63, 3.8) is 0 Å². The molecule has 11 nitrogen and oxygen atoms in total. The summed E-state index contributed by atoms with van der Waals surface area (Å²) in [5, 5.41) is 9.51. The molecule has 0 aliphatic heterocycles. The first kappa shape index (κ1) is 92.6. The highest BCUT2D eigenvalue weighted by molar-refractivity contribution is 7.90. The molecule has 2 aromatic rings. The summed E-state index contributed by atoms with van der Waals surface area (Å²) in [5.74, 6) is 1.16. The maximum absolute atomic E-state index is 13.1. The van der Waals surface area contributed by atoms with E-state index >= 15 is 0 Å². The molecule has 84 heavy (non-hydrogen) atoms. The number of hydrogen-bond acceptors (Lipinski definition) is 10. The number of aliphatic hydroxyl groups excluding tert-OH is 1. The minimum absolute atomic E-state index is 0.102. The number of ether oxygens (including phenoxy) is 1. The molecular formula is C71H145FN6O5S. The summed E-state index contributed by atoms with van der Waals surface area (Å²) < 4.78 is 39.8. The van der Waals surface area contributed by atoms with E-state index in [1.807, 2.05) is 45.8 Å². The van der Waals surface area contributed by atoms with Gasteiger partial charge in [-0.2, -0.15) is 0 Å². The van der Waals surface area contributed by atoms with Gasteiger partial charge in [0.15, 0.2) is 0 Å². The van der Waals surface area contributed by atoms with Crippen molar-refractivity contribution < 1.29 is 27.4 Å². The molecule has 0 aliphatic carbocycles. The Morgan fingerprint density at radius 2 is 1.02 bits per heavy atom. The number of aromatic nitrogens is 3. The first-order valence-corrected chi connectivity index (χ1v) is 33.9. The van der Waals surface area contributed by atoms with Crippen molar-refractivity contribution in [1.29, 1.82) is 0 Å². The second kappa shape index (κ2) is 46.5. The summed E-state index contributed by atoms with van der Waals surface area (Å²) >= 11 is 0. The SMILES string of the molecule is CC(C)(C)CCCc1ncccn1.CC(C)(C)CCS(C)(=O)=O.CC(C)(C)COCc1ncccc1F.CCCC(C)(C)C.CCCCC(C)(C)C.CCN(CC)CCC(C)(C)C.CN(C)C(=O)CC(C)(C)C.CN(C)CC(O)CC(C)(C)C. The average molecular weight is 1210 g/mol. The predicted octanol–water partition coefficient (Wildman–Crippen LogP) is 18.8. The lowest BCUT2D eigenvalue weighted by atomic mass is 9.89. The molecule has 1 atom stereocenters. The lowest BCUT2D eigenvalue weighted by Crippen LogP contribution is -2.29. The smallest absolute Gasteiger partial charge is 0.222 e. The third-order valence-corrected chi connectivity index (χ3v) is 12.7. The Bertz CT molecular complexity index is 1940. The molecule has 0 bridgehead atoms. The van der Waals surface area contributed by atoms with E-state index in [4.69, 9.17) is 4.74 Å². The van der Waals surface area contributed by atoms with Crippen LogP contribution in [0.1, 0.15) is 276 Å². The zero-order chi connectivity index (χ0) is 67.6. The lowest BCUT2D eigenvalue weighted by Gasteiger charge is -2.24. The number of rotatable bonds is 19. The van der Waals surface area contributed by atoms with Crippen LogP contribution in [0.4, 0.5) is 4.39 Å². The number of halogens is 1. The van der Waals surface area contributed by atoms with Crippen LogP contribution in [-0.2, 0) is 32.4 Å². The van der Waals surface area contributed by atoms with Crippen LogP contribution in [-0.4, -0.2) is 128 Å². The van der Waals surface area contributed by atoms with Gasteiger partial charge in [-0.1, -0.05) is 213 Å². The van der Waals surface area contributed by atoms with Crippen LogP contribution in [0.2, 0.25) is 0 Å². The van der Waals surface area contributed by atoms with Crippen LogP contribution in [0.3, 0.4) is 0 Å². The number of hydrogen-bond donors (Lipinski definition) is 1. The maximum Gasteiger partial charge on any atom is 0.222 e. The molecule has 0 saturated heterocycles. The molecule has 0 aliphatic rings. The molecule has 2 heterocycles. The average Bonchev–Trinajstić information content (AvgIpc) is 3.27. The van der Waals surface area contributed by atoms with Crippen molar-refractivity contribution in [2.24, 2.45) is 43.3 Å². The van der Waals surface area contributed by atoms with E-state index in [1.165, 1.54) is 83.3 Å². The predicted molar refractivity (Wildman–Crippen MR) is 368 cm³/mol. The molecule has 0 radical (unpaired) electrons. The van der Waals surface area contributed by atoms with Gasteiger partial charge in [0.05, 0.1) is 25.1 Å². The molecule has 13 heteroatoms. The summed E-state index contributed by atoms with van der Waals surface area (Å²) in [6.07, 6.45) is 19.9. The van der Waals surface area contributed by atoms with E-state index in [0.717, 1.165) is 31.6 Å². The normalized spacial score (nSPS) is 12.5. The van der Waals surface area contributed by atoms with Gasteiger partial charge in [-0.25, -0.2) is 22.8 Å². The topological polar surface area (TPSA) is 129 Å². The van der Waals surface area contributed by atoms with Gasteiger partial charge in [-0.15, -0.1) is 0 Å². The summed E-state index contributed by atoms with van der Waals surface area (Å²) in [4.78, 5) is 29.5. The number of nitrogens with zero attached hydrogens (tertiary/aromatic N) is 6. The summed E-state index contributed by atoms with van der Waals surface area (Å²) in [7, 11) is 4.77. The number of pyridine rings is 1. The van der Waals surface area contributed by atoms with Crippen LogP contribution in [0.15, 0.2) is 36.8 Å². The van der Waals surface area contributed by atoms with Crippen molar-refractivity contribution in [3.05, 3.63) is 54.1 Å². The first-order chi connectivity index (χ1) is 37.5. The van der Waals surface area contributed by atoms with E-state index in [9.17, 15) is 22.7 Å². The van der Waals surface area contributed by atoms with E-state index in [1.54, 1.807) is 43.7 Å². The molecular weight excluding hydrogens is 1070 g/mol. The highest BCUT2D eigenvalue weighted by Crippen LogP contribution is 2.24. The van der Waals surface area contributed by atoms with E-state index in [0.29, 0.717) is 46.1 Å². The number of unbranched alkanes of at least 4 members (excludes halogenated alkanes) is 1. The number of carbonyl (C=O) groups is 1. The molecule has 2 aromatic heterocycles. The van der Waals surface area contributed by atoms with Gasteiger partial charge in [0.25, 0.3) is 0 Å². The van der Waals surface area contributed by atoms with Gasteiger partial charge >= 0.3 is 0 Å². The number of aryl methyl sites for hydroxylation is 1. The summed E-state index contributed by atoms with van der Waals surface area (Å²) in [5.41, 5.74) is 2.96. The minimum Gasteiger partial charge on any atom is -0.392 e. The number of carbonyl (C=O) groups excluding carboxylic acids is 1. The molecule has 0 saturated carbocycles. The fraction of sp³-hybridized carbons (Fsp3) is 0.859. The van der Waals surface area contributed by atoms with Crippen molar-refractivity contribution >= 4 is 15.7 Å². The highest BCUT2D eigenvalue weighted by Gasteiger charge is 2.19. The molecule has 1 N–H and O–H groups in total. The van der Waals surface area contributed by atoms with Crippen LogP contribution in [0.5, 0.6) is 0 Å². The summed E-state index contributed by atoms with van der Waals surface area (Å²) in [6, 6.07) is 4.82. The standard InChI is InChI=1S/C11H16FNO.C11H18N2.C10H23N.C9H21NO.C8H17NO.C8H18.C7H16O2S.C7H16/c1-11(2,3)8-14-7-10-9(12)5-4-6-13-10;1-11(2,3)7-4-6-10-12-8-5-9-13-10;1-6-11(7-2)9-8-10(3,4)5;1-9(2,3)6-8(11)7-10(4)5;1-8(2,3)6-7(10)9(4)5;1-5-6-7-8(2,3)4;1-7(2,3)5-6-10(4,8)9;1-5-6-7(2,3)4/h4-6H,7-8H2,1-3H3;5,8-9H,4,6-7H2,1-3H3;6-9H2,1-5H3;8,11H,6-7H2,1-5H3;6H2,1-5H3;5-7H2,1-4H3;5-6H2,1-4H3;5-6H2,1-4H3. The Morgan fingerprint density at radius 3 is 1.31 bits per heavy atom. The number of likely N-dealkylation sites (N-methyl/N-ethyl adjacent to an activating group) is 1. The van der Waals surface area contributed by atoms with Gasteiger partial charge in [-0.05, 0) is 140 Å². The monoisotopic (exact) mass is 1210 g/mol. The first-order valence-electron chi connectivity index (χ1n) is 31.9. The Labute approximate surface area is 524 Å². The van der Waals surface area contributed by atoms with Gasteiger partial charge in [0.2, 0.25) is 5.91 Å². The van der Waals surface area contributed by atoms with Gasteiger partial charge < -0.3 is 24.5 Å². The highest BCUT2D eigenvalue weighted by atomic mass is 32.2. The molecule has 0 spiro atoms. The van der Waals surface area contributed by atoms with E-state index in [2.05, 4.69) is 193 Å². The van der Waals surface area contributed by atoms with Crippen LogP contribution < -0.4 is 0 Å². The molecule has 0 fully saturated rings. The van der Waals surface area contributed by atoms with E-state index in [-0.39, 0.29) is 46.1 Å². The molecule has 502 valence electrons. The van der Waals surface area contributed by atoms with Gasteiger partial charge in [0.1, 0.15) is 27.2 Å². The summed E-state index contributed by atoms with van der Waals surface area (Å²) in [6.45, 7) is 66.5. The van der Waals surface area contributed by atoms with Gasteiger partial charge in [-0.3, -0.25) is 9.78 Å². The third kappa shape index (κ3) is 88.2. The minimum atomic E-state index is -2.76. The van der Waals surface area contributed by atoms with E-state index < -0.39 is 9.84 Å². The number of aliphatic hydroxyl groups is 1. The number of amides is 1. The Balaban J connectivity index is -0.000000209. The van der Waals surface area contributed by atoms with Crippen LogP contribution in [0, 0.1) is 49.1 Å². The van der Waals surface area contributed by atoms with Crippen LogP contribution in [0.25, 0.3) is 0 Å². The zero-order valence-corrected chi connectivity index (χ0v) is 62.8. The Hall–Kier alpha value is -2.58. The van der Waals surface area contributed by atoms with Crippen molar-refractivity contribution in [2.45, 2.75) is 284 Å². The number of sulfone groups is 1. The molecule has 1 unspecified atom stereocenters. The fourth-order valence-electron chi connectivity index (χ4n) is 7.00. The largest absolute Gasteiger partial charge is 0.392 e. The van der Waals surface area contributed by atoms with Crippen molar-refractivity contribution in [1.82, 2.24) is 29.7 Å². The molecule has 2 rings (SSSR count). The second-order valence-corrected chi connectivity index (χ2v) is 35.3. The third-order valence-electron chi connectivity index (χ3n) is 11.7. The van der Waals surface area contributed by atoms with Crippen molar-refractivity contribution in [2.75, 3.05) is 73.0 Å². The quantitative estimate of drug-likeness (QED) is 0.145. The lowest BCUT2D eigenvalue weighted by molar-refractivity contribution is -0.130. The molecule has 1 amide bonds. The zero-order valence-electron chi connectivity index (χ0n) is 62.0. The Morgan fingerprint density at radius 1 is 0.583 bits per heavy atom. The fourth-order valence-corrected chi connectivity index (χ4v) is 7.98. The second-order valence-electron chi connectivity index (χ2n) is 33.0. The molecule has 0 aromatic carbocycles.